The fourth-order valence-electron chi connectivity index (χ4n) is 1.87. The highest BCUT2D eigenvalue weighted by Gasteiger charge is 2.11. The molecule has 2 rings (SSSR count). The van der Waals surface area contributed by atoms with Crippen molar-refractivity contribution in [2.24, 2.45) is 5.10 Å². The number of amides is 2. The fourth-order valence-corrected chi connectivity index (χ4v) is 1.87. The molecule has 0 aliphatic rings. The molecule has 124 valence electrons. The maximum atomic E-state index is 11.9. The number of hydrogen-bond acceptors (Lipinski definition) is 5. The maximum absolute atomic E-state index is 11.9. The van der Waals surface area contributed by atoms with Crippen LogP contribution in [0.2, 0.25) is 0 Å². The van der Waals surface area contributed by atoms with Crippen LogP contribution in [-0.2, 0) is 9.59 Å². The number of aromatic hydroxyl groups is 1. The number of ether oxygens (including phenoxy) is 1. The molecule has 2 amide bonds. The number of phenols is 1. The van der Waals surface area contributed by atoms with Crippen LogP contribution in [0.3, 0.4) is 0 Å². The molecular formula is C17H17N3O4. The van der Waals surface area contributed by atoms with E-state index in [1.165, 1.54) is 25.5 Å². The number of nitrogens with one attached hydrogen (secondary N) is 2. The highest BCUT2D eigenvalue weighted by atomic mass is 16.5. The summed E-state index contributed by atoms with van der Waals surface area (Å²) in [5.41, 5.74) is 3.46. The Hall–Kier alpha value is -3.35. The minimum Gasteiger partial charge on any atom is -0.508 e. The summed E-state index contributed by atoms with van der Waals surface area (Å²) in [4.78, 5) is 23.5. The topological polar surface area (TPSA) is 100 Å². The second kappa shape index (κ2) is 8.33. The van der Waals surface area contributed by atoms with Gasteiger partial charge in [0.25, 0.3) is 0 Å². The first-order valence-electron chi connectivity index (χ1n) is 7.12. The van der Waals surface area contributed by atoms with Crippen molar-refractivity contribution in [2.75, 3.05) is 12.4 Å². The number of rotatable bonds is 6. The van der Waals surface area contributed by atoms with Crippen molar-refractivity contribution in [3.8, 4) is 11.5 Å². The highest BCUT2D eigenvalue weighted by Crippen LogP contribution is 2.22. The smallest absolute Gasteiger partial charge is 0.249 e. The van der Waals surface area contributed by atoms with Crippen molar-refractivity contribution in [1.82, 2.24) is 5.43 Å². The van der Waals surface area contributed by atoms with E-state index in [9.17, 15) is 9.59 Å². The monoisotopic (exact) mass is 327 g/mol. The third-order valence-electron chi connectivity index (χ3n) is 3.00. The van der Waals surface area contributed by atoms with Crippen LogP contribution >= 0.6 is 0 Å². The van der Waals surface area contributed by atoms with Crippen LogP contribution in [0.4, 0.5) is 5.69 Å². The third kappa shape index (κ3) is 5.13. The van der Waals surface area contributed by atoms with Gasteiger partial charge in [-0.3, -0.25) is 9.59 Å². The molecule has 0 heterocycles. The van der Waals surface area contributed by atoms with Gasteiger partial charge in [-0.15, -0.1) is 0 Å². The van der Waals surface area contributed by atoms with Crippen LogP contribution < -0.4 is 15.5 Å². The lowest BCUT2D eigenvalue weighted by Gasteiger charge is -2.09. The molecule has 7 heteroatoms. The summed E-state index contributed by atoms with van der Waals surface area (Å²) in [6, 6.07) is 13.2. The largest absolute Gasteiger partial charge is 0.508 e. The summed E-state index contributed by atoms with van der Waals surface area (Å²) < 4.78 is 5.12. The van der Waals surface area contributed by atoms with Crippen molar-refractivity contribution in [3.63, 3.8) is 0 Å². The second-order valence-corrected chi connectivity index (χ2v) is 4.81. The minimum absolute atomic E-state index is 0.143. The van der Waals surface area contributed by atoms with Crippen molar-refractivity contribution in [3.05, 3.63) is 54.1 Å². The predicted octanol–water partition coefficient (Wildman–Crippen LogP) is 1.88. The number of methoxy groups -OCH3 is 1. The van der Waals surface area contributed by atoms with E-state index in [1.54, 1.807) is 36.4 Å². The fraction of sp³-hybridized carbons (Fsp3) is 0.118. The van der Waals surface area contributed by atoms with Gasteiger partial charge in [-0.05, 0) is 42.0 Å². The molecule has 0 aromatic heterocycles. The lowest BCUT2D eigenvalue weighted by atomic mass is 10.2. The van der Waals surface area contributed by atoms with Crippen LogP contribution in [0.1, 0.15) is 12.0 Å². The normalized spacial score (nSPS) is 10.4. The molecule has 0 saturated carbocycles. The molecule has 2 aromatic rings. The Morgan fingerprint density at radius 3 is 2.54 bits per heavy atom. The van der Waals surface area contributed by atoms with E-state index in [2.05, 4.69) is 15.8 Å². The summed E-state index contributed by atoms with van der Waals surface area (Å²) >= 11 is 0. The van der Waals surface area contributed by atoms with E-state index < -0.39 is 11.8 Å². The standard InChI is InChI=1S/C17H17N3O4/c1-24-15-5-3-2-4-14(15)19-16(22)10-17(23)20-18-11-12-6-8-13(21)9-7-12/h2-9,11,21H,10H2,1H3,(H,19,22)(H,20,23)/b18-11+. The number of carbonyl (C=O) groups is 2. The molecular weight excluding hydrogens is 310 g/mol. The lowest BCUT2D eigenvalue weighted by molar-refractivity contribution is -0.126. The van der Waals surface area contributed by atoms with Gasteiger partial charge in [-0.2, -0.15) is 5.10 Å². The molecule has 0 fully saturated rings. The van der Waals surface area contributed by atoms with Crippen LogP contribution in [-0.4, -0.2) is 30.2 Å². The zero-order chi connectivity index (χ0) is 17.4. The van der Waals surface area contributed by atoms with E-state index in [1.807, 2.05) is 0 Å². The molecule has 3 N–H and O–H groups in total. The van der Waals surface area contributed by atoms with Crippen LogP contribution in [0, 0.1) is 0 Å². The molecule has 0 atom stereocenters. The van der Waals surface area contributed by atoms with Gasteiger partial charge < -0.3 is 15.2 Å². The van der Waals surface area contributed by atoms with Gasteiger partial charge in [0.15, 0.2) is 0 Å². The van der Waals surface area contributed by atoms with Gasteiger partial charge in [0.2, 0.25) is 11.8 Å². The highest BCUT2D eigenvalue weighted by molar-refractivity contribution is 6.04. The average Bonchev–Trinajstić information content (AvgIpc) is 2.57. The van der Waals surface area contributed by atoms with E-state index in [4.69, 9.17) is 9.84 Å². The molecule has 0 unspecified atom stereocenters. The number of nitrogens with zero attached hydrogens (tertiary/aromatic N) is 1. The van der Waals surface area contributed by atoms with Crippen molar-refractivity contribution in [1.29, 1.82) is 0 Å². The van der Waals surface area contributed by atoms with Crippen LogP contribution in [0.15, 0.2) is 53.6 Å². The third-order valence-corrected chi connectivity index (χ3v) is 3.00. The summed E-state index contributed by atoms with van der Waals surface area (Å²) in [7, 11) is 1.50. The van der Waals surface area contributed by atoms with Gasteiger partial charge in [-0.25, -0.2) is 5.43 Å². The Morgan fingerprint density at radius 1 is 1.12 bits per heavy atom. The van der Waals surface area contributed by atoms with Crippen LogP contribution in [0.5, 0.6) is 11.5 Å². The maximum Gasteiger partial charge on any atom is 0.249 e. The first-order valence-corrected chi connectivity index (χ1v) is 7.12. The van der Waals surface area contributed by atoms with Crippen molar-refractivity contribution >= 4 is 23.7 Å². The number of hydrogen-bond donors (Lipinski definition) is 3. The number of hydrazone groups is 1. The Balaban J connectivity index is 1.83. The number of benzene rings is 2. The molecule has 24 heavy (non-hydrogen) atoms. The number of carbonyl (C=O) groups excluding carboxylic acids is 2. The SMILES string of the molecule is COc1ccccc1NC(=O)CC(=O)N/N=C/c1ccc(O)cc1. The molecule has 0 aliphatic heterocycles. The molecule has 2 aromatic carbocycles. The van der Waals surface area contributed by atoms with Gasteiger partial charge >= 0.3 is 0 Å². The molecule has 0 saturated heterocycles. The molecule has 7 nitrogen and oxygen atoms in total. The van der Waals surface area contributed by atoms with E-state index in [-0.39, 0.29) is 12.2 Å². The zero-order valence-corrected chi connectivity index (χ0v) is 13.0. The van der Waals surface area contributed by atoms with Gasteiger partial charge in [0.05, 0.1) is 19.0 Å². The summed E-state index contributed by atoms with van der Waals surface area (Å²) in [5, 5.41) is 15.5. The van der Waals surface area contributed by atoms with Crippen molar-refractivity contribution < 1.29 is 19.4 Å². The van der Waals surface area contributed by atoms with Crippen LogP contribution in [0.25, 0.3) is 0 Å². The summed E-state index contributed by atoms with van der Waals surface area (Å²) in [5.74, 6) is -0.366. The number of anilines is 1. The van der Waals surface area contributed by atoms with Gasteiger partial charge in [0, 0.05) is 0 Å². The summed E-state index contributed by atoms with van der Waals surface area (Å²) in [6.07, 6.45) is 1.04. The lowest BCUT2D eigenvalue weighted by Crippen LogP contribution is -2.24. The van der Waals surface area contributed by atoms with Gasteiger partial charge in [-0.1, -0.05) is 12.1 Å². The van der Waals surface area contributed by atoms with Gasteiger partial charge in [0.1, 0.15) is 17.9 Å². The molecule has 0 spiro atoms. The zero-order valence-electron chi connectivity index (χ0n) is 13.0. The number of para-hydroxylation sites is 2. The molecule has 0 bridgehead atoms. The van der Waals surface area contributed by atoms with E-state index in [0.29, 0.717) is 17.0 Å². The Kier molecular flexibility index (Phi) is 5.90. The first kappa shape index (κ1) is 17.0. The second-order valence-electron chi connectivity index (χ2n) is 4.81. The Labute approximate surface area is 139 Å². The molecule has 0 aliphatic carbocycles. The number of phenolic OH excluding ortho intramolecular Hbond substituents is 1. The van der Waals surface area contributed by atoms with Crippen molar-refractivity contribution in [2.45, 2.75) is 6.42 Å². The average molecular weight is 327 g/mol. The first-order chi connectivity index (χ1) is 11.6. The Bertz CT molecular complexity index is 742. The minimum atomic E-state index is -0.544. The Morgan fingerprint density at radius 2 is 1.83 bits per heavy atom. The predicted molar refractivity (Wildman–Crippen MR) is 90.1 cm³/mol. The van der Waals surface area contributed by atoms with E-state index >= 15 is 0 Å². The quantitative estimate of drug-likeness (QED) is 0.428. The molecule has 0 radical (unpaired) electrons. The van der Waals surface area contributed by atoms with E-state index in [0.717, 1.165) is 0 Å². The summed E-state index contributed by atoms with van der Waals surface area (Å²) in [6.45, 7) is 0.